The molecule has 0 saturated carbocycles. The summed E-state index contributed by atoms with van der Waals surface area (Å²) in [5.74, 6) is 0.354. The fourth-order valence-electron chi connectivity index (χ4n) is 4.23. The third-order valence-electron chi connectivity index (χ3n) is 5.84. The molecule has 0 aromatic heterocycles. The van der Waals surface area contributed by atoms with E-state index in [1.54, 1.807) is 0 Å². The van der Waals surface area contributed by atoms with Crippen molar-refractivity contribution < 1.29 is 14.8 Å². The fourth-order valence-corrected chi connectivity index (χ4v) is 4.23. The Morgan fingerprint density at radius 3 is 2.48 bits per heavy atom. The van der Waals surface area contributed by atoms with Crippen LogP contribution in [0.25, 0.3) is 11.6 Å². The first kappa shape index (κ1) is 23.1. The van der Waals surface area contributed by atoms with Gasteiger partial charge in [0.1, 0.15) is 5.75 Å². The predicted octanol–water partition coefficient (Wildman–Crippen LogP) is 6.49. The Balaban J connectivity index is 1.88. The Bertz CT molecular complexity index is 952. The topological polar surface area (TPSA) is 49.7 Å². The van der Waals surface area contributed by atoms with E-state index in [1.165, 1.54) is 11.1 Å². The van der Waals surface area contributed by atoms with Crippen LogP contribution >= 0.6 is 0 Å². The van der Waals surface area contributed by atoms with Gasteiger partial charge in [0.05, 0.1) is 6.10 Å². The maximum atomic E-state index is 10.1. The highest BCUT2D eigenvalue weighted by Gasteiger charge is 2.28. The molecule has 1 atom stereocenters. The maximum absolute atomic E-state index is 10.1. The highest BCUT2D eigenvalue weighted by molar-refractivity contribution is 6.43. The molecule has 0 fully saturated rings. The molecule has 3 nitrogen and oxygen atoms in total. The highest BCUT2D eigenvalue weighted by atomic mass is 16.5. The van der Waals surface area contributed by atoms with Crippen LogP contribution in [0.2, 0.25) is 6.32 Å². The Hall–Kier alpha value is -2.56. The quantitative estimate of drug-likeness (QED) is 0.382. The van der Waals surface area contributed by atoms with Crippen molar-refractivity contribution >= 4 is 18.8 Å². The average molecular weight is 416 g/mol. The first-order valence-corrected chi connectivity index (χ1v) is 11.2. The van der Waals surface area contributed by atoms with Crippen LogP contribution in [-0.4, -0.2) is 23.4 Å². The molecular weight excluding hydrogens is 383 g/mol. The molecule has 4 heteroatoms. The summed E-state index contributed by atoms with van der Waals surface area (Å²) in [6.45, 7) is 10.3. The van der Waals surface area contributed by atoms with Crippen LogP contribution in [0.3, 0.4) is 0 Å². The van der Waals surface area contributed by atoms with E-state index in [0.29, 0.717) is 12.1 Å². The minimum absolute atomic E-state index is 0.154. The fraction of sp³-hybridized carbons (Fsp3) is 0.333. The second-order valence-electron chi connectivity index (χ2n) is 8.41. The number of aryl methyl sites for hydroxylation is 2. The molecule has 2 N–H and O–H groups in total. The monoisotopic (exact) mass is 416 g/mol. The van der Waals surface area contributed by atoms with E-state index in [2.05, 4.69) is 37.8 Å². The third-order valence-corrected chi connectivity index (χ3v) is 5.84. The van der Waals surface area contributed by atoms with Gasteiger partial charge in [-0.15, -0.1) is 0 Å². The first-order valence-electron chi connectivity index (χ1n) is 11.2. The van der Waals surface area contributed by atoms with E-state index in [0.717, 1.165) is 53.5 Å². The van der Waals surface area contributed by atoms with E-state index >= 15 is 0 Å². The second kappa shape index (κ2) is 10.7. The van der Waals surface area contributed by atoms with Gasteiger partial charge in [-0.3, -0.25) is 0 Å². The summed E-state index contributed by atoms with van der Waals surface area (Å²) in [4.78, 5) is 0. The minimum atomic E-state index is -0.755. The largest absolute Gasteiger partial charge is 0.507 e. The lowest BCUT2D eigenvalue weighted by Crippen LogP contribution is -2.31. The first-order chi connectivity index (χ1) is 14.9. The molecule has 2 aromatic carbocycles. The number of phenolic OH excluding ortho intramolecular Hbond substituents is 1. The van der Waals surface area contributed by atoms with Gasteiger partial charge < -0.3 is 14.8 Å². The molecule has 31 heavy (non-hydrogen) atoms. The number of benzene rings is 2. The van der Waals surface area contributed by atoms with Crippen molar-refractivity contribution in [3.8, 4) is 5.75 Å². The predicted molar refractivity (Wildman–Crippen MR) is 131 cm³/mol. The van der Waals surface area contributed by atoms with Gasteiger partial charge >= 0.3 is 7.12 Å². The molecule has 0 radical (unpaired) electrons. The normalized spacial score (nSPS) is 16.9. The van der Waals surface area contributed by atoms with Crippen LogP contribution in [0.15, 0.2) is 66.3 Å². The molecule has 1 heterocycles. The summed E-state index contributed by atoms with van der Waals surface area (Å²) >= 11 is 0. The van der Waals surface area contributed by atoms with E-state index in [9.17, 15) is 10.1 Å². The molecule has 1 unspecified atom stereocenters. The van der Waals surface area contributed by atoms with Gasteiger partial charge in [-0.1, -0.05) is 62.4 Å². The van der Waals surface area contributed by atoms with Crippen molar-refractivity contribution in [2.75, 3.05) is 0 Å². The molecule has 162 valence electrons. The van der Waals surface area contributed by atoms with Gasteiger partial charge in [-0.25, -0.2) is 0 Å². The van der Waals surface area contributed by atoms with Gasteiger partial charge in [0.25, 0.3) is 0 Å². The Kier molecular flexibility index (Phi) is 7.94. The summed E-state index contributed by atoms with van der Waals surface area (Å²) in [5.41, 5.74) is 7.43. The maximum Gasteiger partial charge on any atom is 0.458 e. The van der Waals surface area contributed by atoms with E-state index in [-0.39, 0.29) is 6.10 Å². The van der Waals surface area contributed by atoms with Gasteiger partial charge in [0.15, 0.2) is 0 Å². The number of aromatic hydroxyl groups is 1. The second-order valence-corrected chi connectivity index (χ2v) is 8.41. The Morgan fingerprint density at radius 2 is 1.84 bits per heavy atom. The molecule has 0 amide bonds. The molecule has 3 rings (SSSR count). The van der Waals surface area contributed by atoms with Crippen LogP contribution in [0.4, 0.5) is 0 Å². The molecule has 0 spiro atoms. The van der Waals surface area contributed by atoms with E-state index < -0.39 is 7.12 Å². The zero-order valence-corrected chi connectivity index (χ0v) is 18.9. The number of rotatable bonds is 8. The summed E-state index contributed by atoms with van der Waals surface area (Å²) in [7, 11) is -0.755. The molecule has 1 aliphatic heterocycles. The zero-order chi connectivity index (χ0) is 22.4. The summed E-state index contributed by atoms with van der Waals surface area (Å²) in [5, 5.41) is 20.2. The number of hydrogen-bond acceptors (Lipinski definition) is 3. The Morgan fingerprint density at radius 1 is 1.16 bits per heavy atom. The standard InChI is InChI=1S/C27H33BO3/c1-5-9-19(2)25-14-15-28(30)31-26(25)13-12-24(23-10-7-6-8-11-23)18-22-16-20(3)27(29)21(4)17-22/h6-8,10-11,14,16-18,26,29-30H,2,5,9,12-13,15H2,1,3-4H3/b24-18-. The third kappa shape index (κ3) is 5.99. The summed E-state index contributed by atoms with van der Waals surface area (Å²) in [6.07, 6.45) is 8.20. The van der Waals surface area contributed by atoms with Crippen molar-refractivity contribution in [1.82, 2.24) is 0 Å². The number of hydrogen-bond donors (Lipinski definition) is 2. The van der Waals surface area contributed by atoms with Gasteiger partial charge in [0.2, 0.25) is 0 Å². The summed E-state index contributed by atoms with van der Waals surface area (Å²) in [6, 6.07) is 14.4. The zero-order valence-electron chi connectivity index (χ0n) is 18.9. The lowest BCUT2D eigenvalue weighted by Gasteiger charge is -2.28. The highest BCUT2D eigenvalue weighted by Crippen LogP contribution is 2.32. The lowest BCUT2D eigenvalue weighted by atomic mass is 9.77. The Labute approximate surface area is 186 Å². The van der Waals surface area contributed by atoms with Crippen molar-refractivity contribution in [1.29, 1.82) is 0 Å². The number of phenols is 1. The molecule has 2 aromatic rings. The SMILES string of the molecule is C=C(CCC)C1=CCB(O)OC1CC/C(=C/c1cc(C)c(O)c(C)c1)c1ccccc1. The molecular formula is C27H33BO3. The molecule has 0 aliphatic carbocycles. The molecule has 1 aliphatic rings. The summed E-state index contributed by atoms with van der Waals surface area (Å²) < 4.78 is 5.92. The van der Waals surface area contributed by atoms with Crippen LogP contribution < -0.4 is 0 Å². The molecule has 0 bridgehead atoms. The van der Waals surface area contributed by atoms with Crippen molar-refractivity contribution in [3.63, 3.8) is 0 Å². The van der Waals surface area contributed by atoms with Crippen LogP contribution in [-0.2, 0) is 4.65 Å². The van der Waals surface area contributed by atoms with Crippen LogP contribution in [0.5, 0.6) is 5.75 Å². The van der Waals surface area contributed by atoms with Gasteiger partial charge in [0, 0.05) is 6.32 Å². The van der Waals surface area contributed by atoms with Crippen molar-refractivity contribution in [3.05, 3.63) is 88.5 Å². The van der Waals surface area contributed by atoms with Gasteiger partial charge in [-0.05, 0) is 84.2 Å². The molecule has 0 saturated heterocycles. The van der Waals surface area contributed by atoms with Crippen molar-refractivity contribution in [2.24, 2.45) is 0 Å². The lowest BCUT2D eigenvalue weighted by molar-refractivity contribution is 0.184. The van der Waals surface area contributed by atoms with Gasteiger partial charge in [-0.2, -0.15) is 0 Å². The minimum Gasteiger partial charge on any atom is -0.507 e. The smallest absolute Gasteiger partial charge is 0.458 e. The van der Waals surface area contributed by atoms with Crippen LogP contribution in [0, 0.1) is 13.8 Å². The average Bonchev–Trinajstić information content (AvgIpc) is 2.75. The van der Waals surface area contributed by atoms with E-state index in [1.807, 2.05) is 44.2 Å². The van der Waals surface area contributed by atoms with E-state index in [4.69, 9.17) is 4.65 Å². The van der Waals surface area contributed by atoms with Crippen molar-refractivity contribution in [2.45, 2.75) is 58.9 Å². The van der Waals surface area contributed by atoms with Crippen LogP contribution in [0.1, 0.15) is 54.9 Å². The number of allylic oxidation sites excluding steroid dienone is 2.